The summed E-state index contributed by atoms with van der Waals surface area (Å²) in [5.74, 6) is -1.20. The first-order valence-corrected chi connectivity index (χ1v) is 10.9. The number of sulfone groups is 1. The number of hydrogen-bond donors (Lipinski definition) is 2. The Balaban J connectivity index is 2.04. The van der Waals surface area contributed by atoms with Crippen molar-refractivity contribution in [2.75, 3.05) is 11.1 Å². The molecule has 0 unspecified atom stereocenters. The van der Waals surface area contributed by atoms with E-state index in [9.17, 15) is 18.0 Å². The highest BCUT2D eigenvalue weighted by Gasteiger charge is 2.17. The van der Waals surface area contributed by atoms with Crippen molar-refractivity contribution in [3.63, 3.8) is 0 Å². The van der Waals surface area contributed by atoms with Crippen molar-refractivity contribution < 1.29 is 18.0 Å². The van der Waals surface area contributed by atoms with Gasteiger partial charge in [0.1, 0.15) is 0 Å². The van der Waals surface area contributed by atoms with Crippen LogP contribution in [0, 0.1) is 0 Å². The van der Waals surface area contributed by atoms with Crippen LogP contribution < -0.4 is 10.6 Å². The Labute approximate surface area is 174 Å². The predicted octanol–water partition coefficient (Wildman–Crippen LogP) is 3.93. The number of anilines is 1. The quantitative estimate of drug-likeness (QED) is 0.678. The lowest BCUT2D eigenvalue weighted by molar-refractivity contribution is -0.115. The molecule has 2 N–H and O–H groups in total. The normalized spacial score (nSPS) is 11.3. The van der Waals surface area contributed by atoms with Gasteiger partial charge in [-0.1, -0.05) is 23.2 Å². The SMILES string of the molecule is CC(C)NC(=O)c1ccc(Cl)c(NC(=O)CCS(=O)(=O)c2ccc(Cl)cc2)c1. The molecule has 6 nitrogen and oxygen atoms in total. The molecule has 0 spiro atoms. The standard InChI is InChI=1S/C19H20Cl2N2O4S/c1-12(2)22-19(25)13-3-8-16(21)17(11-13)23-18(24)9-10-28(26,27)15-6-4-14(20)5-7-15/h3-8,11-12H,9-10H2,1-2H3,(H,22,25)(H,23,24). The van der Waals surface area contributed by atoms with Crippen molar-refractivity contribution in [1.29, 1.82) is 0 Å². The van der Waals surface area contributed by atoms with Crippen molar-refractivity contribution in [3.8, 4) is 0 Å². The molecule has 0 saturated heterocycles. The van der Waals surface area contributed by atoms with E-state index in [2.05, 4.69) is 10.6 Å². The van der Waals surface area contributed by atoms with E-state index in [1.807, 2.05) is 13.8 Å². The molecule has 0 radical (unpaired) electrons. The summed E-state index contributed by atoms with van der Waals surface area (Å²) >= 11 is 11.8. The van der Waals surface area contributed by atoms with Crippen LogP contribution in [0.3, 0.4) is 0 Å². The maximum absolute atomic E-state index is 12.3. The van der Waals surface area contributed by atoms with E-state index in [0.29, 0.717) is 10.6 Å². The molecule has 0 atom stereocenters. The smallest absolute Gasteiger partial charge is 0.251 e. The fraction of sp³-hybridized carbons (Fsp3) is 0.263. The zero-order valence-electron chi connectivity index (χ0n) is 15.3. The highest BCUT2D eigenvalue weighted by Crippen LogP contribution is 2.24. The summed E-state index contributed by atoms with van der Waals surface area (Å²) in [6.07, 6.45) is -0.260. The average molecular weight is 443 g/mol. The van der Waals surface area contributed by atoms with Crippen molar-refractivity contribution in [2.24, 2.45) is 0 Å². The first kappa shape index (κ1) is 22.2. The van der Waals surface area contributed by atoms with E-state index < -0.39 is 15.7 Å². The van der Waals surface area contributed by atoms with Gasteiger partial charge in [0.25, 0.3) is 5.91 Å². The Morgan fingerprint density at radius 3 is 2.29 bits per heavy atom. The molecule has 0 aliphatic heterocycles. The van der Waals surface area contributed by atoms with Gasteiger partial charge in [0.15, 0.2) is 9.84 Å². The summed E-state index contributed by atoms with van der Waals surface area (Å²) < 4.78 is 24.6. The second-order valence-electron chi connectivity index (χ2n) is 6.39. The number of halogens is 2. The van der Waals surface area contributed by atoms with Crippen LogP contribution in [0.25, 0.3) is 0 Å². The van der Waals surface area contributed by atoms with Crippen LogP contribution in [0.4, 0.5) is 5.69 Å². The molecule has 2 aromatic rings. The Morgan fingerprint density at radius 1 is 1.04 bits per heavy atom. The first-order chi connectivity index (χ1) is 13.1. The van der Waals surface area contributed by atoms with Gasteiger partial charge >= 0.3 is 0 Å². The van der Waals surface area contributed by atoms with Gasteiger partial charge in [0, 0.05) is 23.0 Å². The van der Waals surface area contributed by atoms with Crippen molar-refractivity contribution in [3.05, 3.63) is 58.1 Å². The number of carbonyl (C=O) groups is 2. The third-order valence-corrected chi connectivity index (χ3v) is 6.01. The van der Waals surface area contributed by atoms with Crippen LogP contribution in [0.15, 0.2) is 47.4 Å². The fourth-order valence-corrected chi connectivity index (χ4v) is 3.84. The van der Waals surface area contributed by atoms with Gasteiger partial charge in [-0.25, -0.2) is 8.42 Å². The minimum atomic E-state index is -3.63. The van der Waals surface area contributed by atoms with Gasteiger partial charge in [-0.3, -0.25) is 9.59 Å². The molecule has 0 bridgehead atoms. The second-order valence-corrected chi connectivity index (χ2v) is 9.35. The molecular formula is C19H20Cl2N2O4S. The Morgan fingerprint density at radius 2 is 1.68 bits per heavy atom. The van der Waals surface area contributed by atoms with Crippen molar-refractivity contribution in [1.82, 2.24) is 5.32 Å². The van der Waals surface area contributed by atoms with Crippen LogP contribution in [-0.4, -0.2) is 32.0 Å². The van der Waals surface area contributed by atoms with E-state index in [1.165, 1.54) is 36.4 Å². The maximum Gasteiger partial charge on any atom is 0.251 e. The second kappa shape index (κ2) is 9.41. The minimum absolute atomic E-state index is 0.0423. The molecule has 0 aromatic heterocycles. The molecule has 0 aliphatic carbocycles. The number of amides is 2. The van der Waals surface area contributed by atoms with E-state index >= 15 is 0 Å². The van der Waals surface area contributed by atoms with Crippen LogP contribution in [-0.2, 0) is 14.6 Å². The predicted molar refractivity (Wildman–Crippen MR) is 111 cm³/mol. The molecule has 28 heavy (non-hydrogen) atoms. The molecule has 0 heterocycles. The largest absolute Gasteiger partial charge is 0.350 e. The summed E-state index contributed by atoms with van der Waals surface area (Å²) in [6, 6.07) is 10.2. The van der Waals surface area contributed by atoms with E-state index in [0.717, 1.165) is 0 Å². The zero-order chi connectivity index (χ0) is 20.9. The third-order valence-electron chi connectivity index (χ3n) is 3.69. The first-order valence-electron chi connectivity index (χ1n) is 8.47. The molecule has 9 heteroatoms. The zero-order valence-corrected chi connectivity index (χ0v) is 17.7. The highest BCUT2D eigenvalue weighted by atomic mass is 35.5. The van der Waals surface area contributed by atoms with Gasteiger partial charge in [-0.15, -0.1) is 0 Å². The molecule has 2 rings (SSSR count). The molecule has 2 amide bonds. The van der Waals surface area contributed by atoms with Gasteiger partial charge in [-0.2, -0.15) is 0 Å². The lowest BCUT2D eigenvalue weighted by atomic mass is 10.1. The maximum atomic E-state index is 12.3. The molecule has 0 fully saturated rings. The van der Waals surface area contributed by atoms with Crippen molar-refractivity contribution >= 4 is 50.5 Å². The van der Waals surface area contributed by atoms with Gasteiger partial charge in [0.05, 0.1) is 21.4 Å². The van der Waals surface area contributed by atoms with Crippen LogP contribution >= 0.6 is 23.2 Å². The van der Waals surface area contributed by atoms with Crippen LogP contribution in [0.2, 0.25) is 10.0 Å². The number of hydrogen-bond acceptors (Lipinski definition) is 4. The Hall–Kier alpha value is -2.09. The van der Waals surface area contributed by atoms with Gasteiger partial charge < -0.3 is 10.6 Å². The fourth-order valence-electron chi connectivity index (χ4n) is 2.31. The van der Waals surface area contributed by atoms with E-state index in [4.69, 9.17) is 23.2 Å². The number of benzene rings is 2. The average Bonchev–Trinajstić information content (AvgIpc) is 2.61. The number of nitrogens with one attached hydrogen (secondary N) is 2. The van der Waals surface area contributed by atoms with E-state index in [-0.39, 0.29) is 39.7 Å². The monoisotopic (exact) mass is 442 g/mol. The lowest BCUT2D eigenvalue weighted by Crippen LogP contribution is -2.30. The van der Waals surface area contributed by atoms with Crippen molar-refractivity contribution in [2.45, 2.75) is 31.2 Å². The van der Waals surface area contributed by atoms with E-state index in [1.54, 1.807) is 6.07 Å². The van der Waals surface area contributed by atoms with Crippen LogP contribution in [0.1, 0.15) is 30.6 Å². The summed E-state index contributed by atoms with van der Waals surface area (Å²) in [5, 5.41) is 5.97. The molecule has 2 aromatic carbocycles. The summed E-state index contributed by atoms with van der Waals surface area (Å²) in [4.78, 5) is 24.4. The minimum Gasteiger partial charge on any atom is -0.350 e. The summed E-state index contributed by atoms with van der Waals surface area (Å²) in [5.41, 5.74) is 0.578. The topological polar surface area (TPSA) is 92.3 Å². The molecule has 150 valence electrons. The van der Waals surface area contributed by atoms with Gasteiger partial charge in [0.2, 0.25) is 5.91 Å². The summed E-state index contributed by atoms with van der Waals surface area (Å²) in [6.45, 7) is 3.66. The molecule has 0 aliphatic rings. The molecule has 0 saturated carbocycles. The third kappa shape index (κ3) is 6.22. The molecular weight excluding hydrogens is 423 g/mol. The summed E-state index contributed by atoms with van der Waals surface area (Å²) in [7, 11) is -3.63. The lowest BCUT2D eigenvalue weighted by Gasteiger charge is -2.12. The Bertz CT molecular complexity index is 974. The Kier molecular flexibility index (Phi) is 7.46. The van der Waals surface area contributed by atoms with Gasteiger partial charge in [-0.05, 0) is 56.3 Å². The van der Waals surface area contributed by atoms with Crippen LogP contribution in [0.5, 0.6) is 0 Å². The number of carbonyl (C=O) groups excluding carboxylic acids is 2. The highest BCUT2D eigenvalue weighted by molar-refractivity contribution is 7.91. The number of rotatable bonds is 7.